The van der Waals surface area contributed by atoms with Gasteiger partial charge in [0.2, 0.25) is 0 Å². The zero-order valence-corrected chi connectivity index (χ0v) is 10.2. The van der Waals surface area contributed by atoms with E-state index >= 15 is 0 Å². The molecule has 0 spiro atoms. The molecule has 0 aromatic heterocycles. The monoisotopic (exact) mass is 221 g/mol. The molecular weight excluding hydrogens is 202 g/mol. The average Bonchev–Trinajstić information content (AvgIpc) is 2.22. The molecule has 0 amide bonds. The Morgan fingerprint density at radius 3 is 2.25 bits per heavy atom. The number of nitrogens with zero attached hydrogens (tertiary/aromatic N) is 1. The molecule has 0 unspecified atom stereocenters. The minimum absolute atomic E-state index is 0.00593. The number of ether oxygens (including phenoxy) is 1. The van der Waals surface area contributed by atoms with Crippen LogP contribution in [0.3, 0.4) is 0 Å². The fourth-order valence-corrected chi connectivity index (χ4v) is 1.92. The van der Waals surface area contributed by atoms with Gasteiger partial charge >= 0.3 is 5.97 Å². The van der Waals surface area contributed by atoms with E-state index in [0.717, 1.165) is 37.2 Å². The summed E-state index contributed by atoms with van der Waals surface area (Å²) in [4.78, 5) is 11.7. The lowest BCUT2D eigenvalue weighted by molar-refractivity contribution is -0.145. The maximum Gasteiger partial charge on any atom is 0.349 e. The lowest BCUT2D eigenvalue weighted by atomic mass is 9.89. The number of rotatable bonds is 2. The Morgan fingerprint density at radius 1 is 1.25 bits per heavy atom. The van der Waals surface area contributed by atoms with Crippen LogP contribution < -0.4 is 0 Å². The quantitative estimate of drug-likeness (QED) is 0.409. The smallest absolute Gasteiger partial charge is 0.349 e. The molecular formula is C13H19NO2. The zero-order chi connectivity index (χ0) is 12.1. The summed E-state index contributed by atoms with van der Waals surface area (Å²) in [6.07, 6.45) is 4.07. The first kappa shape index (κ1) is 12.8. The molecule has 1 fully saturated rings. The number of hydrogen-bond donors (Lipinski definition) is 0. The highest BCUT2D eigenvalue weighted by atomic mass is 16.5. The maximum atomic E-state index is 11.7. The van der Waals surface area contributed by atoms with Gasteiger partial charge in [-0.3, -0.25) is 0 Å². The first-order valence-corrected chi connectivity index (χ1v) is 5.83. The molecule has 3 heteroatoms. The Bertz CT molecular complexity index is 326. The molecule has 1 saturated carbocycles. The Kier molecular flexibility index (Phi) is 4.54. The summed E-state index contributed by atoms with van der Waals surface area (Å²) < 4.78 is 5.33. The van der Waals surface area contributed by atoms with Gasteiger partial charge in [-0.1, -0.05) is 12.5 Å². The Hall–Kier alpha value is -1.30. The molecule has 0 N–H and O–H groups in total. The van der Waals surface area contributed by atoms with Crippen LogP contribution in [0.25, 0.3) is 0 Å². The summed E-state index contributed by atoms with van der Waals surface area (Å²) >= 11 is 0. The van der Waals surface area contributed by atoms with Gasteiger partial charge in [-0.15, -0.1) is 0 Å². The summed E-state index contributed by atoms with van der Waals surface area (Å²) in [6, 6.07) is 1.90. The SMILES string of the molecule is CC(C)=C(C#N)C(=O)OC1CCC(C)CC1. The van der Waals surface area contributed by atoms with Crippen LogP contribution in [0.1, 0.15) is 46.5 Å². The third-order valence-electron chi connectivity index (χ3n) is 3.05. The van der Waals surface area contributed by atoms with Crippen LogP contribution in [0, 0.1) is 17.2 Å². The lowest BCUT2D eigenvalue weighted by Crippen LogP contribution is -2.24. The molecule has 16 heavy (non-hydrogen) atoms. The Morgan fingerprint density at radius 2 is 1.81 bits per heavy atom. The molecule has 1 aliphatic rings. The minimum Gasteiger partial charge on any atom is -0.458 e. The van der Waals surface area contributed by atoms with Crippen molar-refractivity contribution in [3.8, 4) is 6.07 Å². The molecule has 0 aliphatic heterocycles. The third-order valence-corrected chi connectivity index (χ3v) is 3.05. The number of carbonyl (C=O) groups is 1. The molecule has 0 aromatic rings. The van der Waals surface area contributed by atoms with Crippen molar-refractivity contribution in [1.82, 2.24) is 0 Å². The van der Waals surface area contributed by atoms with E-state index in [1.165, 1.54) is 0 Å². The van der Waals surface area contributed by atoms with E-state index in [4.69, 9.17) is 10.00 Å². The molecule has 0 atom stereocenters. The van der Waals surface area contributed by atoms with Gasteiger partial charge in [0.05, 0.1) is 0 Å². The van der Waals surface area contributed by atoms with Crippen molar-refractivity contribution in [1.29, 1.82) is 5.26 Å². The van der Waals surface area contributed by atoms with Gasteiger partial charge in [0.1, 0.15) is 17.7 Å². The second kappa shape index (κ2) is 5.69. The zero-order valence-electron chi connectivity index (χ0n) is 10.2. The summed E-state index contributed by atoms with van der Waals surface area (Å²) in [5, 5.41) is 8.83. The third kappa shape index (κ3) is 3.37. The summed E-state index contributed by atoms with van der Waals surface area (Å²) in [7, 11) is 0. The second-order valence-corrected chi connectivity index (χ2v) is 4.77. The van der Waals surface area contributed by atoms with Gasteiger partial charge in [-0.2, -0.15) is 5.26 Å². The van der Waals surface area contributed by atoms with Crippen LogP contribution in [0.15, 0.2) is 11.1 Å². The molecule has 0 radical (unpaired) electrons. The molecule has 3 nitrogen and oxygen atoms in total. The molecule has 1 rings (SSSR count). The van der Waals surface area contributed by atoms with Crippen molar-refractivity contribution in [2.24, 2.45) is 5.92 Å². The van der Waals surface area contributed by atoms with Crippen molar-refractivity contribution in [2.75, 3.05) is 0 Å². The highest BCUT2D eigenvalue weighted by Crippen LogP contribution is 2.26. The Balaban J connectivity index is 2.53. The van der Waals surface area contributed by atoms with Crippen LogP contribution in [-0.2, 0) is 9.53 Å². The van der Waals surface area contributed by atoms with Gasteiger partial charge in [0.15, 0.2) is 0 Å². The molecule has 0 aromatic carbocycles. The second-order valence-electron chi connectivity index (χ2n) is 4.77. The fraction of sp³-hybridized carbons (Fsp3) is 0.692. The standard InChI is InChI=1S/C13H19NO2/c1-9(2)12(8-14)13(15)16-11-6-4-10(3)5-7-11/h10-11H,4-7H2,1-3H3. The summed E-state index contributed by atoms with van der Waals surface area (Å²) in [6.45, 7) is 5.72. The van der Waals surface area contributed by atoms with Crippen LogP contribution in [0.4, 0.5) is 0 Å². The Labute approximate surface area is 97.1 Å². The highest BCUT2D eigenvalue weighted by Gasteiger charge is 2.23. The first-order valence-electron chi connectivity index (χ1n) is 5.83. The van der Waals surface area contributed by atoms with E-state index in [0.29, 0.717) is 0 Å². The van der Waals surface area contributed by atoms with Crippen molar-refractivity contribution < 1.29 is 9.53 Å². The number of allylic oxidation sites excluding steroid dienone is 1. The predicted octanol–water partition coefficient (Wildman–Crippen LogP) is 2.97. The van der Waals surface area contributed by atoms with Gasteiger partial charge in [0, 0.05) is 0 Å². The number of carbonyl (C=O) groups excluding carboxylic acids is 1. The minimum atomic E-state index is -0.456. The summed E-state index contributed by atoms with van der Waals surface area (Å²) in [5.74, 6) is 0.274. The molecule has 0 saturated heterocycles. The van der Waals surface area contributed by atoms with Crippen molar-refractivity contribution in [2.45, 2.75) is 52.6 Å². The van der Waals surface area contributed by atoms with E-state index in [-0.39, 0.29) is 11.7 Å². The average molecular weight is 221 g/mol. The van der Waals surface area contributed by atoms with E-state index in [2.05, 4.69) is 6.92 Å². The largest absolute Gasteiger partial charge is 0.458 e. The number of nitriles is 1. The van der Waals surface area contributed by atoms with Gasteiger partial charge < -0.3 is 4.74 Å². The maximum absolute atomic E-state index is 11.7. The lowest BCUT2D eigenvalue weighted by Gasteiger charge is -2.25. The fourth-order valence-electron chi connectivity index (χ4n) is 1.92. The van der Waals surface area contributed by atoms with E-state index in [9.17, 15) is 4.79 Å². The normalized spacial score (nSPS) is 24.4. The van der Waals surface area contributed by atoms with Crippen molar-refractivity contribution >= 4 is 5.97 Å². The van der Waals surface area contributed by atoms with Gasteiger partial charge in [-0.25, -0.2) is 4.79 Å². The van der Waals surface area contributed by atoms with Crippen LogP contribution in [-0.4, -0.2) is 12.1 Å². The number of esters is 1. The predicted molar refractivity (Wildman–Crippen MR) is 61.5 cm³/mol. The molecule has 0 heterocycles. The summed E-state index contributed by atoms with van der Waals surface area (Å²) in [5.41, 5.74) is 0.871. The molecule has 1 aliphatic carbocycles. The van der Waals surface area contributed by atoms with Gasteiger partial charge in [0.25, 0.3) is 0 Å². The highest BCUT2D eigenvalue weighted by molar-refractivity contribution is 5.93. The van der Waals surface area contributed by atoms with Crippen molar-refractivity contribution in [3.05, 3.63) is 11.1 Å². The number of hydrogen-bond acceptors (Lipinski definition) is 3. The van der Waals surface area contributed by atoms with Gasteiger partial charge in [-0.05, 0) is 45.4 Å². The van der Waals surface area contributed by atoms with Crippen LogP contribution in [0.5, 0.6) is 0 Å². The molecule has 0 bridgehead atoms. The van der Waals surface area contributed by atoms with Crippen molar-refractivity contribution in [3.63, 3.8) is 0 Å². The molecule has 88 valence electrons. The van der Waals surface area contributed by atoms with E-state index in [1.54, 1.807) is 13.8 Å². The van der Waals surface area contributed by atoms with E-state index < -0.39 is 5.97 Å². The first-order chi connectivity index (χ1) is 7.54. The van der Waals surface area contributed by atoms with Crippen LogP contribution in [0.2, 0.25) is 0 Å². The van der Waals surface area contributed by atoms with Crippen LogP contribution >= 0.6 is 0 Å². The van der Waals surface area contributed by atoms with E-state index in [1.807, 2.05) is 6.07 Å². The topological polar surface area (TPSA) is 50.1 Å².